The van der Waals surface area contributed by atoms with Gasteiger partial charge in [-0.2, -0.15) is 0 Å². The van der Waals surface area contributed by atoms with Gasteiger partial charge < -0.3 is 10.6 Å². The molecule has 1 rings (SSSR count). The Hall–Kier alpha value is -1.51. The van der Waals surface area contributed by atoms with Crippen LogP contribution in [0, 0.1) is 6.92 Å². The molecule has 0 spiro atoms. The number of amides is 1. The van der Waals surface area contributed by atoms with Gasteiger partial charge in [-0.05, 0) is 52.3 Å². The Labute approximate surface area is 104 Å². The average molecular weight is 234 g/mol. The maximum Gasteiger partial charge on any atom is 0.253 e. The summed E-state index contributed by atoms with van der Waals surface area (Å²) in [6.07, 6.45) is 0. The molecule has 3 nitrogen and oxygen atoms in total. The van der Waals surface area contributed by atoms with E-state index in [1.165, 1.54) is 0 Å². The molecule has 1 aromatic carbocycles. The van der Waals surface area contributed by atoms with Crippen LogP contribution in [0.2, 0.25) is 0 Å². The van der Waals surface area contributed by atoms with E-state index < -0.39 is 0 Å². The van der Waals surface area contributed by atoms with Gasteiger partial charge in [-0.25, -0.2) is 0 Å². The molecule has 0 fully saturated rings. The average Bonchev–Trinajstić information content (AvgIpc) is 2.15. The van der Waals surface area contributed by atoms with Crippen LogP contribution in [0.4, 0.5) is 5.69 Å². The molecule has 0 atom stereocenters. The maximum absolute atomic E-state index is 12.1. The molecule has 1 amide bonds. The van der Waals surface area contributed by atoms with E-state index in [1.54, 1.807) is 0 Å². The highest BCUT2D eigenvalue weighted by Gasteiger charge is 2.17. The van der Waals surface area contributed by atoms with Crippen molar-refractivity contribution in [1.29, 1.82) is 0 Å². The fourth-order valence-corrected chi connectivity index (χ4v) is 1.60. The van der Waals surface area contributed by atoms with Crippen molar-refractivity contribution in [3.05, 3.63) is 29.3 Å². The zero-order valence-electron chi connectivity index (χ0n) is 11.3. The first kappa shape index (κ1) is 13.6. The summed E-state index contributed by atoms with van der Waals surface area (Å²) < 4.78 is 0. The third kappa shape index (κ3) is 4.10. The quantitative estimate of drug-likeness (QED) is 0.844. The Morgan fingerprint density at radius 2 is 1.94 bits per heavy atom. The van der Waals surface area contributed by atoms with E-state index in [0.29, 0.717) is 5.56 Å². The molecular formula is C14H22N2O. The SMILES string of the molecule is CCNc1cc(C)ccc1C(=O)NC(C)(C)C. The van der Waals surface area contributed by atoms with Crippen LogP contribution in [0.3, 0.4) is 0 Å². The fourth-order valence-electron chi connectivity index (χ4n) is 1.60. The molecule has 2 N–H and O–H groups in total. The van der Waals surface area contributed by atoms with Gasteiger partial charge in [-0.3, -0.25) is 4.79 Å². The molecule has 3 heteroatoms. The number of carbonyl (C=O) groups is 1. The Morgan fingerprint density at radius 1 is 1.29 bits per heavy atom. The number of hydrogen-bond acceptors (Lipinski definition) is 2. The number of carbonyl (C=O) groups excluding carboxylic acids is 1. The highest BCUT2D eigenvalue weighted by molar-refractivity contribution is 6.00. The van der Waals surface area contributed by atoms with Crippen molar-refractivity contribution in [3.63, 3.8) is 0 Å². The third-order valence-electron chi connectivity index (χ3n) is 2.28. The smallest absolute Gasteiger partial charge is 0.253 e. The summed E-state index contributed by atoms with van der Waals surface area (Å²) in [7, 11) is 0. The predicted molar refractivity (Wildman–Crippen MR) is 72.6 cm³/mol. The molecule has 17 heavy (non-hydrogen) atoms. The molecule has 0 aromatic heterocycles. The number of benzene rings is 1. The van der Waals surface area contributed by atoms with Crippen molar-refractivity contribution in [2.45, 2.75) is 40.2 Å². The Kier molecular flexibility index (Phi) is 4.16. The van der Waals surface area contributed by atoms with Crippen LogP contribution in [0.5, 0.6) is 0 Å². The van der Waals surface area contributed by atoms with Gasteiger partial charge in [-0.1, -0.05) is 6.07 Å². The lowest BCUT2D eigenvalue weighted by molar-refractivity contribution is 0.0920. The van der Waals surface area contributed by atoms with Crippen molar-refractivity contribution in [2.24, 2.45) is 0 Å². The molecule has 94 valence electrons. The normalized spacial score (nSPS) is 11.1. The Morgan fingerprint density at radius 3 is 2.47 bits per heavy atom. The molecule has 0 aliphatic carbocycles. The molecule has 0 heterocycles. The Bertz CT molecular complexity index is 405. The summed E-state index contributed by atoms with van der Waals surface area (Å²) in [5.74, 6) is -0.0338. The van der Waals surface area contributed by atoms with Crippen LogP contribution in [-0.2, 0) is 0 Å². The molecule has 0 bridgehead atoms. The van der Waals surface area contributed by atoms with E-state index in [9.17, 15) is 4.79 Å². The van der Waals surface area contributed by atoms with Crippen molar-refractivity contribution < 1.29 is 4.79 Å². The fraction of sp³-hybridized carbons (Fsp3) is 0.500. The van der Waals surface area contributed by atoms with Gasteiger partial charge in [-0.15, -0.1) is 0 Å². The second-order valence-electron chi connectivity index (χ2n) is 5.28. The third-order valence-corrected chi connectivity index (χ3v) is 2.28. The first-order valence-electron chi connectivity index (χ1n) is 6.00. The van der Waals surface area contributed by atoms with Crippen LogP contribution < -0.4 is 10.6 Å². The molecule has 0 saturated carbocycles. The van der Waals surface area contributed by atoms with Gasteiger partial charge in [0.1, 0.15) is 0 Å². The van der Waals surface area contributed by atoms with E-state index in [1.807, 2.05) is 52.8 Å². The van der Waals surface area contributed by atoms with E-state index in [0.717, 1.165) is 17.8 Å². The highest BCUT2D eigenvalue weighted by Crippen LogP contribution is 2.18. The lowest BCUT2D eigenvalue weighted by Crippen LogP contribution is -2.40. The highest BCUT2D eigenvalue weighted by atomic mass is 16.1. The van der Waals surface area contributed by atoms with Crippen LogP contribution in [-0.4, -0.2) is 18.0 Å². The van der Waals surface area contributed by atoms with Gasteiger partial charge in [0.05, 0.1) is 5.56 Å². The minimum absolute atomic E-state index is 0.0338. The monoisotopic (exact) mass is 234 g/mol. The summed E-state index contributed by atoms with van der Waals surface area (Å²) in [5, 5.41) is 6.20. The lowest BCUT2D eigenvalue weighted by Gasteiger charge is -2.21. The molecule has 0 saturated heterocycles. The summed E-state index contributed by atoms with van der Waals surface area (Å²) in [6, 6.07) is 5.83. The van der Waals surface area contributed by atoms with Crippen LogP contribution >= 0.6 is 0 Å². The summed E-state index contributed by atoms with van der Waals surface area (Å²) in [6.45, 7) is 10.8. The summed E-state index contributed by atoms with van der Waals surface area (Å²) in [5.41, 5.74) is 2.53. The number of hydrogen-bond donors (Lipinski definition) is 2. The van der Waals surface area contributed by atoms with E-state index in [4.69, 9.17) is 0 Å². The zero-order chi connectivity index (χ0) is 13.1. The topological polar surface area (TPSA) is 41.1 Å². The van der Waals surface area contributed by atoms with Crippen LogP contribution in [0.25, 0.3) is 0 Å². The first-order chi connectivity index (χ1) is 7.83. The maximum atomic E-state index is 12.1. The van der Waals surface area contributed by atoms with Crippen LogP contribution in [0.15, 0.2) is 18.2 Å². The minimum atomic E-state index is -0.217. The largest absolute Gasteiger partial charge is 0.385 e. The molecule has 0 aliphatic heterocycles. The summed E-state index contributed by atoms with van der Waals surface area (Å²) in [4.78, 5) is 12.1. The van der Waals surface area contributed by atoms with Gasteiger partial charge in [0.2, 0.25) is 0 Å². The number of aryl methyl sites for hydroxylation is 1. The molecule has 1 aromatic rings. The van der Waals surface area contributed by atoms with E-state index >= 15 is 0 Å². The summed E-state index contributed by atoms with van der Waals surface area (Å²) >= 11 is 0. The van der Waals surface area contributed by atoms with Gasteiger partial charge in [0.25, 0.3) is 5.91 Å². The van der Waals surface area contributed by atoms with E-state index in [2.05, 4.69) is 10.6 Å². The second kappa shape index (κ2) is 5.21. The lowest BCUT2D eigenvalue weighted by atomic mass is 10.1. The van der Waals surface area contributed by atoms with Crippen molar-refractivity contribution in [3.8, 4) is 0 Å². The van der Waals surface area contributed by atoms with Gasteiger partial charge in [0.15, 0.2) is 0 Å². The van der Waals surface area contributed by atoms with Gasteiger partial charge in [0, 0.05) is 17.8 Å². The molecule has 0 radical (unpaired) electrons. The Balaban J connectivity index is 3.00. The molecule has 0 aliphatic rings. The van der Waals surface area contributed by atoms with Gasteiger partial charge >= 0.3 is 0 Å². The van der Waals surface area contributed by atoms with Crippen molar-refractivity contribution in [2.75, 3.05) is 11.9 Å². The van der Waals surface area contributed by atoms with Crippen LogP contribution in [0.1, 0.15) is 43.6 Å². The molecule has 0 unspecified atom stereocenters. The standard InChI is InChI=1S/C14H22N2O/c1-6-15-12-9-10(2)7-8-11(12)13(17)16-14(3,4)5/h7-9,15H,6H2,1-5H3,(H,16,17). The number of nitrogens with one attached hydrogen (secondary N) is 2. The number of rotatable bonds is 3. The zero-order valence-corrected chi connectivity index (χ0v) is 11.3. The second-order valence-corrected chi connectivity index (χ2v) is 5.28. The minimum Gasteiger partial charge on any atom is -0.385 e. The first-order valence-corrected chi connectivity index (χ1v) is 6.00. The van der Waals surface area contributed by atoms with Crippen molar-refractivity contribution >= 4 is 11.6 Å². The van der Waals surface area contributed by atoms with E-state index in [-0.39, 0.29) is 11.4 Å². The number of anilines is 1. The van der Waals surface area contributed by atoms with Crippen molar-refractivity contribution in [1.82, 2.24) is 5.32 Å². The predicted octanol–water partition coefficient (Wildman–Crippen LogP) is 2.96. The molecular weight excluding hydrogens is 212 g/mol.